The number of carbonyl (C=O) groups excluding carboxylic acids is 3. The van der Waals surface area contributed by atoms with Gasteiger partial charge in [-0.05, 0) is 25.3 Å². The molecule has 1 N–H and O–H groups in total. The number of likely N-dealkylation sites (tertiary alicyclic amines) is 1. The molecule has 2 fully saturated rings. The zero-order valence-electron chi connectivity index (χ0n) is 12.3. The van der Waals surface area contributed by atoms with Crippen LogP contribution in [0.3, 0.4) is 0 Å². The van der Waals surface area contributed by atoms with Gasteiger partial charge in [0.15, 0.2) is 0 Å². The van der Waals surface area contributed by atoms with Crippen molar-refractivity contribution in [2.24, 2.45) is 0 Å². The summed E-state index contributed by atoms with van der Waals surface area (Å²) in [6, 6.07) is 1.42. The molecule has 2 saturated heterocycles. The van der Waals surface area contributed by atoms with Gasteiger partial charge in [-0.1, -0.05) is 0 Å². The fraction of sp³-hybridized carbons (Fsp3) is 0.571. The van der Waals surface area contributed by atoms with E-state index >= 15 is 0 Å². The molecule has 0 unspecified atom stereocenters. The van der Waals surface area contributed by atoms with E-state index in [0.717, 1.165) is 24.2 Å². The molecule has 2 aliphatic rings. The number of carbonyl (C=O) groups is 3. The topological polar surface area (TPSA) is 87.5 Å². The van der Waals surface area contributed by atoms with Crippen molar-refractivity contribution in [3.8, 4) is 0 Å². The largest absolute Gasteiger partial charge is 0.336 e. The number of urea groups is 1. The van der Waals surface area contributed by atoms with Crippen LogP contribution >= 0.6 is 0 Å². The van der Waals surface area contributed by atoms with Crippen LogP contribution in [0.4, 0.5) is 4.79 Å². The molecule has 4 amide bonds. The Labute approximate surface area is 128 Å². The molecule has 3 rings (SSSR count). The van der Waals surface area contributed by atoms with Gasteiger partial charge in [0.25, 0.3) is 5.91 Å². The molecular formula is C14H19N5O3. The van der Waals surface area contributed by atoms with Crippen LogP contribution in [0.15, 0.2) is 18.5 Å². The number of imide groups is 1. The molecule has 8 nitrogen and oxygen atoms in total. The van der Waals surface area contributed by atoms with E-state index in [0.29, 0.717) is 13.1 Å². The maximum atomic E-state index is 12.5. The molecule has 3 heterocycles. The van der Waals surface area contributed by atoms with Gasteiger partial charge in [0.2, 0.25) is 5.91 Å². The molecule has 0 spiro atoms. The van der Waals surface area contributed by atoms with Gasteiger partial charge in [0.1, 0.15) is 6.54 Å². The lowest BCUT2D eigenvalue weighted by molar-refractivity contribution is -0.139. The number of amides is 4. The number of piperidine rings is 1. The first-order valence-corrected chi connectivity index (χ1v) is 7.50. The second-order valence-corrected chi connectivity index (χ2v) is 5.60. The lowest BCUT2D eigenvalue weighted by Gasteiger charge is -2.36. The highest BCUT2D eigenvalue weighted by Crippen LogP contribution is 2.19. The Morgan fingerprint density at radius 1 is 1.36 bits per heavy atom. The fourth-order valence-corrected chi connectivity index (χ4v) is 2.98. The average Bonchev–Trinajstić information content (AvgIpc) is 3.13. The molecule has 2 aliphatic heterocycles. The highest BCUT2D eigenvalue weighted by atomic mass is 16.2. The molecule has 0 radical (unpaired) electrons. The summed E-state index contributed by atoms with van der Waals surface area (Å²) >= 11 is 0. The normalized spacial score (nSPS) is 22.1. The summed E-state index contributed by atoms with van der Waals surface area (Å²) in [5.41, 5.74) is 0. The number of nitrogens with one attached hydrogen (secondary N) is 1. The van der Waals surface area contributed by atoms with E-state index in [9.17, 15) is 14.4 Å². The lowest BCUT2D eigenvalue weighted by atomic mass is 10.0. The maximum absolute atomic E-state index is 12.5. The van der Waals surface area contributed by atoms with Crippen LogP contribution in [0.5, 0.6) is 0 Å². The molecule has 118 valence electrons. The highest BCUT2D eigenvalue weighted by molar-refractivity contribution is 6.04. The van der Waals surface area contributed by atoms with E-state index < -0.39 is 6.03 Å². The van der Waals surface area contributed by atoms with Crippen LogP contribution in [0, 0.1) is 0 Å². The third kappa shape index (κ3) is 2.95. The summed E-state index contributed by atoms with van der Waals surface area (Å²) in [7, 11) is 0. The smallest absolute Gasteiger partial charge is 0.325 e. The molecule has 0 aliphatic carbocycles. The minimum Gasteiger partial charge on any atom is -0.336 e. The van der Waals surface area contributed by atoms with Crippen molar-refractivity contribution in [1.82, 2.24) is 24.9 Å². The predicted octanol–water partition coefficient (Wildman–Crippen LogP) is -0.184. The first-order chi connectivity index (χ1) is 10.6. The van der Waals surface area contributed by atoms with Crippen molar-refractivity contribution < 1.29 is 14.4 Å². The van der Waals surface area contributed by atoms with E-state index in [1.165, 1.54) is 0 Å². The van der Waals surface area contributed by atoms with Gasteiger partial charge in [-0.3, -0.25) is 19.2 Å². The number of hydrogen-bond acceptors (Lipinski definition) is 4. The molecule has 1 aromatic rings. The van der Waals surface area contributed by atoms with Crippen LogP contribution < -0.4 is 5.32 Å². The standard InChI is InChI=1S/C14H19N5O3/c20-12-8-15-14(22)19(12)10-13(21)18-7-2-1-4-11(18)9-17-6-3-5-16-17/h3,5-6,11H,1-2,4,7-10H2,(H,15,22)/t11-/m1/s1. The van der Waals surface area contributed by atoms with Gasteiger partial charge >= 0.3 is 6.03 Å². The summed E-state index contributed by atoms with van der Waals surface area (Å²) in [6.07, 6.45) is 6.50. The van der Waals surface area contributed by atoms with Crippen LogP contribution in [-0.2, 0) is 16.1 Å². The summed E-state index contributed by atoms with van der Waals surface area (Å²) < 4.78 is 1.81. The van der Waals surface area contributed by atoms with Crippen LogP contribution in [-0.4, -0.2) is 63.1 Å². The minimum atomic E-state index is -0.487. The number of nitrogens with zero attached hydrogens (tertiary/aromatic N) is 4. The highest BCUT2D eigenvalue weighted by Gasteiger charge is 2.34. The van der Waals surface area contributed by atoms with Gasteiger partial charge in [0, 0.05) is 18.9 Å². The molecule has 0 aromatic carbocycles. The molecule has 22 heavy (non-hydrogen) atoms. The molecular weight excluding hydrogens is 286 g/mol. The zero-order valence-corrected chi connectivity index (χ0v) is 12.3. The van der Waals surface area contributed by atoms with E-state index in [4.69, 9.17) is 0 Å². The fourth-order valence-electron chi connectivity index (χ4n) is 2.98. The number of rotatable bonds is 4. The van der Waals surface area contributed by atoms with Crippen molar-refractivity contribution >= 4 is 17.8 Å². The second-order valence-electron chi connectivity index (χ2n) is 5.60. The molecule has 1 aromatic heterocycles. The van der Waals surface area contributed by atoms with E-state index in [2.05, 4.69) is 10.4 Å². The van der Waals surface area contributed by atoms with Gasteiger partial charge in [-0.15, -0.1) is 0 Å². The Morgan fingerprint density at radius 3 is 2.91 bits per heavy atom. The lowest BCUT2D eigenvalue weighted by Crippen LogP contribution is -2.50. The van der Waals surface area contributed by atoms with E-state index in [1.54, 1.807) is 11.1 Å². The van der Waals surface area contributed by atoms with Gasteiger partial charge in [-0.25, -0.2) is 4.79 Å². The van der Waals surface area contributed by atoms with Crippen LogP contribution in [0.1, 0.15) is 19.3 Å². The quantitative estimate of drug-likeness (QED) is 0.781. The summed E-state index contributed by atoms with van der Waals surface area (Å²) in [5.74, 6) is -0.527. The summed E-state index contributed by atoms with van der Waals surface area (Å²) in [6.45, 7) is 1.09. The SMILES string of the molecule is O=C1CNC(=O)N1CC(=O)N1CCCC[C@@H]1Cn1cccn1. The first-order valence-electron chi connectivity index (χ1n) is 7.50. The average molecular weight is 305 g/mol. The summed E-state index contributed by atoms with van der Waals surface area (Å²) in [5, 5.41) is 6.61. The Bertz CT molecular complexity index is 555. The Balaban J connectivity index is 1.66. The third-order valence-corrected chi connectivity index (χ3v) is 4.13. The van der Waals surface area contributed by atoms with Crippen molar-refractivity contribution in [2.45, 2.75) is 31.8 Å². The van der Waals surface area contributed by atoms with Crippen molar-refractivity contribution in [3.05, 3.63) is 18.5 Å². The van der Waals surface area contributed by atoms with Crippen molar-refractivity contribution in [1.29, 1.82) is 0 Å². The monoisotopic (exact) mass is 305 g/mol. The Kier molecular flexibility index (Phi) is 4.08. The van der Waals surface area contributed by atoms with Crippen molar-refractivity contribution in [2.75, 3.05) is 19.6 Å². The van der Waals surface area contributed by atoms with E-state index in [-0.39, 0.29) is 30.9 Å². The summed E-state index contributed by atoms with van der Waals surface area (Å²) in [4.78, 5) is 38.4. The minimum absolute atomic E-state index is 0.0250. The van der Waals surface area contributed by atoms with Gasteiger partial charge in [-0.2, -0.15) is 5.10 Å². The Morgan fingerprint density at radius 2 is 2.23 bits per heavy atom. The zero-order chi connectivity index (χ0) is 15.5. The molecule has 0 saturated carbocycles. The number of hydrogen-bond donors (Lipinski definition) is 1. The molecule has 1 atom stereocenters. The molecule has 0 bridgehead atoms. The van der Waals surface area contributed by atoms with Gasteiger partial charge < -0.3 is 10.2 Å². The van der Waals surface area contributed by atoms with Crippen LogP contribution in [0.25, 0.3) is 0 Å². The second kappa shape index (κ2) is 6.17. The first kappa shape index (κ1) is 14.6. The Hall–Kier alpha value is -2.38. The molecule has 8 heteroatoms. The third-order valence-electron chi connectivity index (χ3n) is 4.13. The van der Waals surface area contributed by atoms with Crippen molar-refractivity contribution in [3.63, 3.8) is 0 Å². The van der Waals surface area contributed by atoms with E-state index in [1.807, 2.05) is 16.9 Å². The predicted molar refractivity (Wildman–Crippen MR) is 76.7 cm³/mol. The van der Waals surface area contributed by atoms with Gasteiger partial charge in [0.05, 0.1) is 19.1 Å². The van der Waals surface area contributed by atoms with Crippen LogP contribution in [0.2, 0.25) is 0 Å². The maximum Gasteiger partial charge on any atom is 0.325 e. The number of aromatic nitrogens is 2.